The summed E-state index contributed by atoms with van der Waals surface area (Å²) in [7, 11) is 0. The molecule has 1 saturated heterocycles. The summed E-state index contributed by atoms with van der Waals surface area (Å²) in [4.78, 5) is 0. The van der Waals surface area contributed by atoms with Gasteiger partial charge in [-0.15, -0.1) is 0 Å². The van der Waals surface area contributed by atoms with Crippen molar-refractivity contribution < 1.29 is 8.76 Å². The molecule has 2 unspecified atom stereocenters. The van der Waals surface area contributed by atoms with Crippen molar-refractivity contribution in [2.45, 2.75) is 19.3 Å². The van der Waals surface area contributed by atoms with E-state index in [1.54, 1.807) is 0 Å². The number of hydrogen-bond acceptors (Lipinski definition) is 4. The van der Waals surface area contributed by atoms with Gasteiger partial charge >= 0.3 is 0 Å². The van der Waals surface area contributed by atoms with Gasteiger partial charge in [0.2, 0.25) is 0 Å². The molecular formula is C9H19N2O2S-. The maximum absolute atomic E-state index is 10.3. The molecule has 1 fully saturated rings. The lowest BCUT2D eigenvalue weighted by molar-refractivity contribution is 0.446. The molecule has 0 amide bonds. The maximum Gasteiger partial charge on any atom is 0.0227 e. The van der Waals surface area contributed by atoms with Gasteiger partial charge < -0.3 is 15.2 Å². The molecule has 4 nitrogen and oxygen atoms in total. The molecule has 5 heteroatoms. The molecule has 1 aliphatic rings. The van der Waals surface area contributed by atoms with Crippen molar-refractivity contribution in [2.24, 2.45) is 5.92 Å². The molecule has 1 rings (SSSR count). The quantitative estimate of drug-likeness (QED) is 0.498. The molecule has 84 valence electrons. The molecule has 0 aromatic rings. The third-order valence-electron chi connectivity index (χ3n) is 2.53. The van der Waals surface area contributed by atoms with Crippen molar-refractivity contribution in [1.82, 2.24) is 10.6 Å². The van der Waals surface area contributed by atoms with E-state index in [0.29, 0.717) is 12.5 Å². The Kier molecular flexibility index (Phi) is 6.34. The van der Waals surface area contributed by atoms with Crippen LogP contribution in [0.4, 0.5) is 0 Å². The third-order valence-corrected chi connectivity index (χ3v) is 3.06. The molecular weight excluding hydrogens is 200 g/mol. The average molecular weight is 219 g/mol. The van der Waals surface area contributed by atoms with Crippen LogP contribution in [0.5, 0.6) is 0 Å². The number of rotatable bonds is 5. The first-order chi connectivity index (χ1) is 6.79. The summed E-state index contributed by atoms with van der Waals surface area (Å²) < 4.78 is 20.5. The molecule has 0 bridgehead atoms. The van der Waals surface area contributed by atoms with Crippen LogP contribution in [-0.4, -0.2) is 40.7 Å². The van der Waals surface area contributed by atoms with Gasteiger partial charge in [-0.1, -0.05) is 17.5 Å². The summed E-state index contributed by atoms with van der Waals surface area (Å²) in [6.45, 7) is 3.70. The van der Waals surface area contributed by atoms with E-state index in [4.69, 9.17) is 0 Å². The number of nitrogens with one attached hydrogen (secondary N) is 2. The molecule has 0 aromatic heterocycles. The second-order valence-corrected chi connectivity index (χ2v) is 4.79. The van der Waals surface area contributed by atoms with Gasteiger partial charge in [-0.05, 0) is 38.4 Å². The standard InChI is InChI=1S/C9H20N2O2S/c12-14(13)6-5-11-8-9-3-1-2-4-10-7-9/h9-11H,1-8H2,(H,12,13)/p-1. The van der Waals surface area contributed by atoms with Crippen molar-refractivity contribution in [3.05, 3.63) is 0 Å². The molecule has 0 saturated carbocycles. The van der Waals surface area contributed by atoms with Crippen LogP contribution >= 0.6 is 0 Å². The van der Waals surface area contributed by atoms with E-state index in [-0.39, 0.29) is 5.75 Å². The highest BCUT2D eigenvalue weighted by Gasteiger charge is 2.10. The van der Waals surface area contributed by atoms with Crippen molar-refractivity contribution in [3.8, 4) is 0 Å². The molecule has 2 N–H and O–H groups in total. The zero-order chi connectivity index (χ0) is 10.2. The van der Waals surface area contributed by atoms with Gasteiger partial charge in [-0.25, -0.2) is 0 Å². The molecule has 0 aliphatic carbocycles. The topological polar surface area (TPSA) is 64.2 Å². The van der Waals surface area contributed by atoms with Crippen molar-refractivity contribution in [1.29, 1.82) is 0 Å². The smallest absolute Gasteiger partial charge is 0.0227 e. The molecule has 2 atom stereocenters. The Morgan fingerprint density at radius 1 is 1.50 bits per heavy atom. The first kappa shape index (κ1) is 12.1. The maximum atomic E-state index is 10.3. The van der Waals surface area contributed by atoms with Gasteiger partial charge in [0.15, 0.2) is 0 Å². The minimum Gasteiger partial charge on any atom is -0.772 e. The predicted molar refractivity (Wildman–Crippen MR) is 56.9 cm³/mol. The minimum atomic E-state index is -1.90. The van der Waals surface area contributed by atoms with Gasteiger partial charge in [0, 0.05) is 12.3 Å². The first-order valence-corrected chi connectivity index (χ1v) is 6.50. The average Bonchev–Trinajstić information content (AvgIpc) is 2.40. The van der Waals surface area contributed by atoms with E-state index < -0.39 is 11.1 Å². The van der Waals surface area contributed by atoms with Crippen LogP contribution in [0.1, 0.15) is 19.3 Å². The summed E-state index contributed by atoms with van der Waals surface area (Å²) in [5.74, 6) is 0.887. The fourth-order valence-corrected chi connectivity index (χ4v) is 2.04. The van der Waals surface area contributed by atoms with Crippen molar-refractivity contribution in [2.75, 3.05) is 31.9 Å². The Balaban J connectivity index is 2.01. The van der Waals surface area contributed by atoms with Crippen molar-refractivity contribution in [3.63, 3.8) is 0 Å². The summed E-state index contributed by atoms with van der Waals surface area (Å²) >= 11 is -1.90. The van der Waals surface area contributed by atoms with Crippen LogP contribution in [0.3, 0.4) is 0 Å². The van der Waals surface area contributed by atoms with Crippen LogP contribution < -0.4 is 10.6 Å². The Bertz CT molecular complexity index is 170. The van der Waals surface area contributed by atoms with Crippen LogP contribution in [-0.2, 0) is 11.1 Å². The van der Waals surface area contributed by atoms with Gasteiger partial charge in [-0.2, -0.15) is 0 Å². The van der Waals surface area contributed by atoms with Crippen LogP contribution in [0.15, 0.2) is 0 Å². The lowest BCUT2D eigenvalue weighted by atomic mass is 10.0. The van der Waals surface area contributed by atoms with Crippen LogP contribution in [0, 0.1) is 5.92 Å². The van der Waals surface area contributed by atoms with Gasteiger partial charge in [-0.3, -0.25) is 4.21 Å². The normalized spacial score (nSPS) is 25.6. The lowest BCUT2D eigenvalue weighted by Gasteiger charge is -2.15. The highest BCUT2D eigenvalue weighted by molar-refractivity contribution is 7.79. The molecule has 0 spiro atoms. The van der Waals surface area contributed by atoms with E-state index in [2.05, 4.69) is 10.6 Å². The van der Waals surface area contributed by atoms with Gasteiger partial charge in [0.1, 0.15) is 0 Å². The summed E-state index contributed by atoms with van der Waals surface area (Å²) in [5, 5.41) is 6.57. The molecule has 14 heavy (non-hydrogen) atoms. The first-order valence-electron chi connectivity index (χ1n) is 5.26. The zero-order valence-corrected chi connectivity index (χ0v) is 9.28. The Labute approximate surface area is 88.1 Å². The zero-order valence-electron chi connectivity index (χ0n) is 8.46. The Morgan fingerprint density at radius 2 is 2.36 bits per heavy atom. The lowest BCUT2D eigenvalue weighted by Crippen LogP contribution is -2.31. The second-order valence-electron chi connectivity index (χ2n) is 3.78. The Hall–Kier alpha value is 0.0300. The third kappa shape index (κ3) is 5.70. The molecule has 0 radical (unpaired) electrons. The highest BCUT2D eigenvalue weighted by atomic mass is 32.2. The highest BCUT2D eigenvalue weighted by Crippen LogP contribution is 2.09. The largest absolute Gasteiger partial charge is 0.772 e. The number of hydrogen-bond donors (Lipinski definition) is 2. The van der Waals surface area contributed by atoms with E-state index in [9.17, 15) is 8.76 Å². The molecule has 0 aromatic carbocycles. The monoisotopic (exact) mass is 219 g/mol. The molecule has 1 heterocycles. The van der Waals surface area contributed by atoms with Gasteiger partial charge in [0.05, 0.1) is 0 Å². The summed E-state index contributed by atoms with van der Waals surface area (Å²) in [6, 6.07) is 0. The Morgan fingerprint density at radius 3 is 3.14 bits per heavy atom. The van der Waals surface area contributed by atoms with E-state index >= 15 is 0 Å². The van der Waals surface area contributed by atoms with Crippen LogP contribution in [0.25, 0.3) is 0 Å². The van der Waals surface area contributed by atoms with Crippen molar-refractivity contribution >= 4 is 11.1 Å². The fourth-order valence-electron chi connectivity index (χ4n) is 1.73. The van der Waals surface area contributed by atoms with Gasteiger partial charge in [0.25, 0.3) is 0 Å². The second kappa shape index (κ2) is 7.34. The molecule has 1 aliphatic heterocycles. The van der Waals surface area contributed by atoms with Crippen LogP contribution in [0.2, 0.25) is 0 Å². The fraction of sp³-hybridized carbons (Fsp3) is 1.00. The minimum absolute atomic E-state index is 0.222. The van der Waals surface area contributed by atoms with E-state index in [1.165, 1.54) is 19.3 Å². The summed E-state index contributed by atoms with van der Waals surface area (Å²) in [6.07, 6.45) is 3.80. The summed E-state index contributed by atoms with van der Waals surface area (Å²) in [5.41, 5.74) is 0. The SMILES string of the molecule is O=S([O-])CCNCC1CCCCNC1. The predicted octanol–water partition coefficient (Wildman–Crippen LogP) is -0.155. The van der Waals surface area contributed by atoms with E-state index in [0.717, 1.165) is 19.6 Å². The van der Waals surface area contributed by atoms with E-state index in [1.807, 2.05) is 0 Å².